The second kappa shape index (κ2) is 6.23. The number of benzene rings is 1. The van der Waals surface area contributed by atoms with Crippen LogP contribution in [0, 0.1) is 0 Å². The molecule has 0 bridgehead atoms. The normalized spacial score (nSPS) is 15.9. The highest BCUT2D eigenvalue weighted by atomic mass is 16.5. The van der Waals surface area contributed by atoms with Crippen LogP contribution in [-0.2, 0) is 4.74 Å². The molecule has 4 N–H and O–H groups in total. The number of hydrogen-bond donors (Lipinski definition) is 3. The van der Waals surface area contributed by atoms with Crippen LogP contribution in [0.4, 0.5) is 11.4 Å². The molecule has 0 aromatic heterocycles. The van der Waals surface area contributed by atoms with Crippen molar-refractivity contribution < 1.29 is 14.6 Å². The van der Waals surface area contributed by atoms with Crippen LogP contribution < -0.4 is 15.8 Å². The van der Waals surface area contributed by atoms with Crippen molar-refractivity contribution in [2.45, 2.75) is 0 Å². The highest BCUT2D eigenvalue weighted by Crippen LogP contribution is 2.29. The number of aliphatic hydroxyl groups excluding tert-OH is 1. The zero-order valence-corrected chi connectivity index (χ0v) is 10.1. The number of nitrogens with one attached hydrogen (secondary N) is 1. The molecule has 1 aliphatic heterocycles. The lowest BCUT2D eigenvalue weighted by Crippen LogP contribution is -2.26. The molecule has 1 heterocycles. The zero-order chi connectivity index (χ0) is 12.8. The van der Waals surface area contributed by atoms with Gasteiger partial charge in [0, 0.05) is 5.69 Å². The quantitative estimate of drug-likeness (QED) is 0.523. The van der Waals surface area contributed by atoms with E-state index in [0.717, 1.165) is 17.3 Å². The number of ether oxygens (including phenoxy) is 2. The van der Waals surface area contributed by atoms with Gasteiger partial charge in [-0.05, 0) is 18.2 Å². The number of nitrogens with two attached hydrogens (primary N) is 1. The van der Waals surface area contributed by atoms with Crippen LogP contribution in [0.25, 0.3) is 0 Å². The minimum atomic E-state index is 0.0323. The summed E-state index contributed by atoms with van der Waals surface area (Å²) >= 11 is 0. The van der Waals surface area contributed by atoms with Crippen molar-refractivity contribution in [1.29, 1.82) is 0 Å². The maximum absolute atomic E-state index is 8.54. The molecule has 2 rings (SSSR count). The maximum atomic E-state index is 8.54. The van der Waals surface area contributed by atoms with Gasteiger partial charge in [0.15, 0.2) is 0 Å². The number of nitrogens with zero attached hydrogens (tertiary/aromatic N) is 1. The molecular weight excluding hydrogens is 234 g/mol. The van der Waals surface area contributed by atoms with Gasteiger partial charge < -0.3 is 25.6 Å². The van der Waals surface area contributed by atoms with E-state index in [-0.39, 0.29) is 6.61 Å². The summed E-state index contributed by atoms with van der Waals surface area (Å²) in [6, 6.07) is 5.44. The lowest BCUT2D eigenvalue weighted by atomic mass is 10.2. The zero-order valence-electron chi connectivity index (χ0n) is 10.1. The van der Waals surface area contributed by atoms with Crippen molar-refractivity contribution in [3.63, 3.8) is 0 Å². The molecule has 6 nitrogen and oxygen atoms in total. The Morgan fingerprint density at radius 2 is 2.33 bits per heavy atom. The number of aliphatic imine (C=N–C) groups is 1. The van der Waals surface area contributed by atoms with E-state index in [9.17, 15) is 0 Å². The molecule has 0 spiro atoms. The van der Waals surface area contributed by atoms with Crippen LogP contribution in [0.15, 0.2) is 23.2 Å². The molecule has 0 aliphatic carbocycles. The Balaban J connectivity index is 1.88. The van der Waals surface area contributed by atoms with E-state index >= 15 is 0 Å². The molecule has 0 fully saturated rings. The smallest absolute Gasteiger partial charge is 0.146 e. The number of rotatable bonds is 5. The first-order valence-electron chi connectivity index (χ1n) is 5.81. The van der Waals surface area contributed by atoms with Crippen molar-refractivity contribution in [3.8, 4) is 5.75 Å². The summed E-state index contributed by atoms with van der Waals surface area (Å²) < 4.78 is 10.7. The minimum absolute atomic E-state index is 0.0323. The topological polar surface area (TPSA) is 89.1 Å². The Bertz CT molecular complexity index is 435. The number of anilines is 2. The molecule has 0 unspecified atom stereocenters. The number of fused-ring (bicyclic) bond motifs is 1. The van der Waals surface area contributed by atoms with Gasteiger partial charge in [-0.3, -0.25) is 4.99 Å². The Morgan fingerprint density at radius 3 is 3.17 bits per heavy atom. The molecule has 1 aromatic rings. The second-order valence-corrected chi connectivity index (χ2v) is 3.83. The summed E-state index contributed by atoms with van der Waals surface area (Å²) in [4.78, 5) is 4.32. The van der Waals surface area contributed by atoms with E-state index in [1.807, 2.05) is 12.1 Å². The minimum Gasteiger partial charge on any atom is -0.484 e. The summed E-state index contributed by atoms with van der Waals surface area (Å²) in [5.41, 5.74) is 7.21. The molecule has 6 heteroatoms. The molecule has 0 radical (unpaired) electrons. The Kier molecular flexibility index (Phi) is 4.38. The van der Waals surface area contributed by atoms with Crippen LogP contribution in [0.3, 0.4) is 0 Å². The largest absolute Gasteiger partial charge is 0.484 e. The third-order valence-electron chi connectivity index (χ3n) is 2.42. The van der Waals surface area contributed by atoms with E-state index in [0.29, 0.717) is 32.1 Å². The van der Waals surface area contributed by atoms with Gasteiger partial charge in [-0.2, -0.15) is 0 Å². The van der Waals surface area contributed by atoms with Gasteiger partial charge in [0.05, 0.1) is 32.1 Å². The van der Waals surface area contributed by atoms with E-state index in [2.05, 4.69) is 10.3 Å². The van der Waals surface area contributed by atoms with Crippen molar-refractivity contribution in [2.75, 3.05) is 44.0 Å². The summed E-state index contributed by atoms with van der Waals surface area (Å²) in [6.07, 6.45) is 0. The second-order valence-electron chi connectivity index (χ2n) is 3.83. The Morgan fingerprint density at radius 1 is 1.44 bits per heavy atom. The first-order chi connectivity index (χ1) is 8.79. The van der Waals surface area contributed by atoms with Crippen molar-refractivity contribution in [3.05, 3.63) is 18.2 Å². The number of nitrogen functional groups attached to an aromatic ring is 1. The Labute approximate surface area is 105 Å². The summed E-state index contributed by atoms with van der Waals surface area (Å²) in [5.74, 6) is 1.53. The molecule has 0 amide bonds. The van der Waals surface area contributed by atoms with Gasteiger partial charge in [0.25, 0.3) is 0 Å². The standard InChI is InChI=1S/C12H17N3O3/c13-9-1-2-11-10(7-9)15-12(8-18-11)14-3-5-17-6-4-16/h1-2,7,16H,3-6,8,13H2,(H,14,15). The predicted molar refractivity (Wildman–Crippen MR) is 70.2 cm³/mol. The third-order valence-corrected chi connectivity index (χ3v) is 2.42. The highest BCUT2D eigenvalue weighted by molar-refractivity contribution is 5.99. The number of hydrogen-bond acceptors (Lipinski definition) is 5. The fraction of sp³-hybridized carbons (Fsp3) is 0.417. The van der Waals surface area contributed by atoms with E-state index < -0.39 is 0 Å². The third kappa shape index (κ3) is 3.35. The lowest BCUT2D eigenvalue weighted by molar-refractivity contribution is 0.0977. The van der Waals surface area contributed by atoms with Gasteiger partial charge in [0.1, 0.15) is 18.2 Å². The number of amidine groups is 1. The fourth-order valence-electron chi connectivity index (χ4n) is 1.61. The average Bonchev–Trinajstić information content (AvgIpc) is 2.38. The predicted octanol–water partition coefficient (Wildman–Crippen LogP) is 0.480. The summed E-state index contributed by atoms with van der Waals surface area (Å²) in [7, 11) is 0. The average molecular weight is 251 g/mol. The van der Waals surface area contributed by atoms with E-state index in [1.54, 1.807) is 6.07 Å². The van der Waals surface area contributed by atoms with Crippen molar-refractivity contribution in [1.82, 2.24) is 0 Å². The number of aliphatic hydroxyl groups is 1. The molecule has 98 valence electrons. The maximum Gasteiger partial charge on any atom is 0.146 e. The van der Waals surface area contributed by atoms with Crippen LogP contribution in [0.2, 0.25) is 0 Å². The molecule has 1 aliphatic rings. The van der Waals surface area contributed by atoms with Gasteiger partial charge in [0.2, 0.25) is 0 Å². The Hall–Kier alpha value is -1.79. The van der Waals surface area contributed by atoms with Crippen LogP contribution in [0.5, 0.6) is 5.75 Å². The van der Waals surface area contributed by atoms with Crippen LogP contribution >= 0.6 is 0 Å². The lowest BCUT2D eigenvalue weighted by Gasteiger charge is -2.21. The van der Waals surface area contributed by atoms with Crippen LogP contribution in [-0.4, -0.2) is 43.9 Å². The summed E-state index contributed by atoms with van der Waals surface area (Å²) in [5, 5.41) is 11.7. The van der Waals surface area contributed by atoms with E-state index in [4.69, 9.17) is 20.3 Å². The van der Waals surface area contributed by atoms with Gasteiger partial charge >= 0.3 is 0 Å². The molecule has 1 aromatic carbocycles. The molecule has 0 saturated carbocycles. The van der Waals surface area contributed by atoms with Gasteiger partial charge in [-0.1, -0.05) is 0 Å². The van der Waals surface area contributed by atoms with Crippen molar-refractivity contribution >= 4 is 17.2 Å². The summed E-state index contributed by atoms with van der Waals surface area (Å²) in [6.45, 7) is 1.80. The van der Waals surface area contributed by atoms with Crippen molar-refractivity contribution in [2.24, 2.45) is 4.99 Å². The highest BCUT2D eigenvalue weighted by Gasteiger charge is 2.13. The van der Waals surface area contributed by atoms with Gasteiger partial charge in [-0.25, -0.2) is 0 Å². The first kappa shape index (κ1) is 12.7. The van der Waals surface area contributed by atoms with Gasteiger partial charge in [-0.15, -0.1) is 0 Å². The monoisotopic (exact) mass is 251 g/mol. The first-order valence-corrected chi connectivity index (χ1v) is 5.81. The van der Waals surface area contributed by atoms with E-state index in [1.165, 1.54) is 0 Å². The fourth-order valence-corrected chi connectivity index (χ4v) is 1.61. The van der Waals surface area contributed by atoms with Crippen LogP contribution in [0.1, 0.15) is 0 Å². The molecule has 18 heavy (non-hydrogen) atoms. The SMILES string of the molecule is Nc1ccc2c(c1)NC(=NCCOCCO)CO2. The molecular formula is C12H17N3O3. The molecule has 0 saturated heterocycles. The molecule has 0 atom stereocenters.